The number of nitrogens with zero attached hydrogens (tertiary/aromatic N) is 2. The Morgan fingerprint density at radius 3 is 2.88 bits per heavy atom. The molecule has 1 aliphatic rings. The zero-order valence-corrected chi connectivity index (χ0v) is 14.1. The van der Waals surface area contributed by atoms with Crippen LogP contribution in [0.5, 0.6) is 0 Å². The minimum Gasteiger partial charge on any atom is -0.465 e. The van der Waals surface area contributed by atoms with Gasteiger partial charge >= 0.3 is 0 Å². The maximum Gasteiger partial charge on any atom is 0.246 e. The summed E-state index contributed by atoms with van der Waals surface area (Å²) in [4.78, 5) is 16.7. The molecular weight excluding hydrogens is 300 g/mol. The monoisotopic (exact) mass is 324 g/mol. The van der Waals surface area contributed by atoms with E-state index in [0.717, 1.165) is 32.5 Å². The first-order chi connectivity index (χ1) is 11.7. The molecule has 0 bridgehead atoms. The summed E-state index contributed by atoms with van der Waals surface area (Å²) in [5.74, 6) is 0.766. The van der Waals surface area contributed by atoms with Gasteiger partial charge in [0.05, 0.1) is 6.26 Å². The van der Waals surface area contributed by atoms with Crippen molar-refractivity contribution in [3.8, 4) is 0 Å². The van der Waals surface area contributed by atoms with Crippen LogP contribution >= 0.6 is 0 Å². The fourth-order valence-electron chi connectivity index (χ4n) is 3.16. The molecule has 0 aliphatic carbocycles. The predicted octanol–water partition coefficient (Wildman–Crippen LogP) is 3.42. The molecule has 2 heterocycles. The summed E-state index contributed by atoms with van der Waals surface area (Å²) >= 11 is 0. The van der Waals surface area contributed by atoms with E-state index < -0.39 is 0 Å². The van der Waals surface area contributed by atoms with Crippen molar-refractivity contribution >= 4 is 12.0 Å². The van der Waals surface area contributed by atoms with E-state index in [1.807, 2.05) is 23.1 Å². The summed E-state index contributed by atoms with van der Waals surface area (Å²) in [5, 5.41) is 0. The number of carbonyl (C=O) groups excluding carboxylic acids is 1. The van der Waals surface area contributed by atoms with Gasteiger partial charge in [0.15, 0.2) is 0 Å². The zero-order chi connectivity index (χ0) is 16.8. The molecule has 0 radical (unpaired) electrons. The minimum absolute atomic E-state index is 0.0595. The molecule has 0 N–H and O–H groups in total. The van der Waals surface area contributed by atoms with Crippen LogP contribution in [0.2, 0.25) is 0 Å². The molecule has 1 amide bonds. The van der Waals surface area contributed by atoms with Crippen LogP contribution in [-0.2, 0) is 11.3 Å². The van der Waals surface area contributed by atoms with Gasteiger partial charge in [-0.1, -0.05) is 30.3 Å². The first kappa shape index (κ1) is 16.5. The smallest absolute Gasteiger partial charge is 0.246 e. The van der Waals surface area contributed by atoms with Crippen LogP contribution in [0.4, 0.5) is 0 Å². The van der Waals surface area contributed by atoms with Gasteiger partial charge in [0, 0.05) is 31.8 Å². The van der Waals surface area contributed by atoms with Gasteiger partial charge in [-0.05, 0) is 43.7 Å². The van der Waals surface area contributed by atoms with Gasteiger partial charge in [0.1, 0.15) is 5.76 Å². The Kier molecular flexibility index (Phi) is 5.49. The maximum atomic E-state index is 12.4. The number of benzene rings is 1. The number of amides is 1. The Labute approximate surface area is 143 Å². The molecule has 1 aromatic heterocycles. The topological polar surface area (TPSA) is 36.7 Å². The van der Waals surface area contributed by atoms with Crippen molar-refractivity contribution in [3.05, 3.63) is 66.1 Å². The van der Waals surface area contributed by atoms with Gasteiger partial charge in [-0.25, -0.2) is 0 Å². The molecule has 1 fully saturated rings. The molecule has 2 aromatic rings. The Bertz CT molecular complexity index is 664. The molecular formula is C20H24N2O2. The standard InChI is InChI=1S/C20H24N2O2/c1-21(15-17-7-3-2-4-8-17)18-9-5-13-22(16-18)20(23)12-11-19-10-6-14-24-19/h2-4,6-8,10-12,14,18H,5,9,13,15-16H2,1H3/b12-11+/t18-/m0/s1. The number of furan rings is 1. The lowest BCUT2D eigenvalue weighted by Crippen LogP contribution is -2.47. The summed E-state index contributed by atoms with van der Waals surface area (Å²) in [6, 6.07) is 14.5. The third kappa shape index (κ3) is 4.36. The van der Waals surface area contributed by atoms with Crippen molar-refractivity contribution in [2.24, 2.45) is 0 Å². The highest BCUT2D eigenvalue weighted by Gasteiger charge is 2.25. The van der Waals surface area contributed by atoms with Crippen molar-refractivity contribution < 1.29 is 9.21 Å². The fourth-order valence-corrected chi connectivity index (χ4v) is 3.16. The van der Waals surface area contributed by atoms with Crippen LogP contribution in [0.25, 0.3) is 6.08 Å². The molecule has 1 aliphatic heterocycles. The first-order valence-corrected chi connectivity index (χ1v) is 8.47. The van der Waals surface area contributed by atoms with Crippen molar-refractivity contribution in [3.63, 3.8) is 0 Å². The second-order valence-electron chi connectivity index (χ2n) is 6.33. The lowest BCUT2D eigenvalue weighted by Gasteiger charge is -2.37. The van der Waals surface area contributed by atoms with Crippen LogP contribution in [-0.4, -0.2) is 41.9 Å². The van der Waals surface area contributed by atoms with Crippen LogP contribution < -0.4 is 0 Å². The Morgan fingerprint density at radius 2 is 2.12 bits per heavy atom. The first-order valence-electron chi connectivity index (χ1n) is 8.47. The highest BCUT2D eigenvalue weighted by atomic mass is 16.3. The Balaban J connectivity index is 1.56. The summed E-state index contributed by atoms with van der Waals surface area (Å²) in [7, 11) is 2.14. The van der Waals surface area contributed by atoms with E-state index >= 15 is 0 Å². The van der Waals surface area contributed by atoms with E-state index in [9.17, 15) is 4.79 Å². The van der Waals surface area contributed by atoms with E-state index in [0.29, 0.717) is 11.8 Å². The van der Waals surface area contributed by atoms with Crippen LogP contribution in [0.3, 0.4) is 0 Å². The zero-order valence-electron chi connectivity index (χ0n) is 14.1. The Morgan fingerprint density at radius 1 is 1.29 bits per heavy atom. The molecule has 3 rings (SSSR count). The molecule has 0 spiro atoms. The maximum absolute atomic E-state index is 12.4. The molecule has 4 heteroatoms. The number of likely N-dealkylation sites (N-methyl/N-ethyl adjacent to an activating group) is 1. The highest BCUT2D eigenvalue weighted by molar-refractivity contribution is 5.91. The quantitative estimate of drug-likeness (QED) is 0.791. The molecule has 126 valence electrons. The predicted molar refractivity (Wildman–Crippen MR) is 95.3 cm³/mol. The van der Waals surface area contributed by atoms with Gasteiger partial charge in [0.25, 0.3) is 0 Å². The number of hydrogen-bond donors (Lipinski definition) is 0. The number of hydrogen-bond acceptors (Lipinski definition) is 3. The van der Waals surface area contributed by atoms with Gasteiger partial charge in [-0.2, -0.15) is 0 Å². The van der Waals surface area contributed by atoms with Crippen molar-refractivity contribution in [1.82, 2.24) is 9.80 Å². The van der Waals surface area contributed by atoms with Crippen molar-refractivity contribution in [2.45, 2.75) is 25.4 Å². The van der Waals surface area contributed by atoms with Crippen LogP contribution in [0.15, 0.2) is 59.2 Å². The van der Waals surface area contributed by atoms with E-state index in [4.69, 9.17) is 4.42 Å². The van der Waals surface area contributed by atoms with E-state index in [2.05, 4.69) is 36.2 Å². The van der Waals surface area contributed by atoms with Gasteiger partial charge in [-0.15, -0.1) is 0 Å². The van der Waals surface area contributed by atoms with Gasteiger partial charge < -0.3 is 9.32 Å². The number of rotatable bonds is 5. The lowest BCUT2D eigenvalue weighted by atomic mass is 10.0. The molecule has 24 heavy (non-hydrogen) atoms. The number of piperidine rings is 1. The van der Waals surface area contributed by atoms with E-state index in [1.54, 1.807) is 18.4 Å². The van der Waals surface area contributed by atoms with Crippen molar-refractivity contribution in [2.75, 3.05) is 20.1 Å². The van der Waals surface area contributed by atoms with Crippen molar-refractivity contribution in [1.29, 1.82) is 0 Å². The van der Waals surface area contributed by atoms with E-state index in [1.165, 1.54) is 5.56 Å². The second kappa shape index (κ2) is 7.97. The molecule has 1 atom stereocenters. The van der Waals surface area contributed by atoms with Gasteiger partial charge in [0.2, 0.25) is 5.91 Å². The fraction of sp³-hybridized carbons (Fsp3) is 0.350. The molecule has 0 saturated carbocycles. The summed E-state index contributed by atoms with van der Waals surface area (Å²) in [5.41, 5.74) is 1.31. The molecule has 0 unspecified atom stereocenters. The SMILES string of the molecule is CN(Cc1ccccc1)[C@H]1CCCN(C(=O)/C=C/c2ccco2)C1. The molecule has 4 nitrogen and oxygen atoms in total. The third-order valence-corrected chi connectivity index (χ3v) is 4.54. The van der Waals surface area contributed by atoms with Crippen LogP contribution in [0, 0.1) is 0 Å². The lowest BCUT2D eigenvalue weighted by molar-refractivity contribution is -0.128. The average Bonchev–Trinajstić information content (AvgIpc) is 3.14. The summed E-state index contributed by atoms with van der Waals surface area (Å²) in [6.45, 7) is 2.53. The molecule has 1 aromatic carbocycles. The Hall–Kier alpha value is -2.33. The number of carbonyl (C=O) groups is 1. The normalized spacial score (nSPS) is 18.4. The minimum atomic E-state index is 0.0595. The van der Waals surface area contributed by atoms with E-state index in [-0.39, 0.29) is 5.91 Å². The second-order valence-corrected chi connectivity index (χ2v) is 6.33. The van der Waals surface area contributed by atoms with Gasteiger partial charge in [-0.3, -0.25) is 9.69 Å². The average molecular weight is 324 g/mol. The summed E-state index contributed by atoms with van der Waals surface area (Å²) in [6.07, 6.45) is 7.14. The summed E-state index contributed by atoms with van der Waals surface area (Å²) < 4.78 is 5.23. The molecule has 1 saturated heterocycles. The number of likely N-dealkylation sites (tertiary alicyclic amines) is 1. The third-order valence-electron chi connectivity index (χ3n) is 4.54. The largest absolute Gasteiger partial charge is 0.465 e. The highest BCUT2D eigenvalue weighted by Crippen LogP contribution is 2.17. The van der Waals surface area contributed by atoms with Crippen LogP contribution in [0.1, 0.15) is 24.2 Å².